The van der Waals surface area contributed by atoms with Gasteiger partial charge in [-0.05, 0) is 18.2 Å². The van der Waals surface area contributed by atoms with E-state index in [1.165, 1.54) is 23.5 Å². The third-order valence-electron chi connectivity index (χ3n) is 2.46. The van der Waals surface area contributed by atoms with Crippen molar-refractivity contribution in [3.8, 4) is 5.75 Å². The predicted octanol–water partition coefficient (Wildman–Crippen LogP) is 3.06. The molecule has 0 radical (unpaired) electrons. The summed E-state index contributed by atoms with van der Waals surface area (Å²) in [4.78, 5) is 11.9. The molecule has 0 saturated carbocycles. The number of ether oxygens (including phenoxy) is 1. The molecular weight excluding hydrogens is 286 g/mol. The van der Waals surface area contributed by atoms with E-state index in [4.69, 9.17) is 5.73 Å². The molecule has 2 rings (SSSR count). The highest BCUT2D eigenvalue weighted by Crippen LogP contribution is 2.21. The Balaban J connectivity index is 1.97. The van der Waals surface area contributed by atoms with Crippen molar-refractivity contribution < 1.29 is 18.3 Å². The van der Waals surface area contributed by atoms with Crippen LogP contribution in [0.1, 0.15) is 15.2 Å². The van der Waals surface area contributed by atoms with Gasteiger partial charge in [0.25, 0.3) is 0 Å². The van der Waals surface area contributed by atoms with Crippen LogP contribution in [-0.2, 0) is 6.54 Å². The smallest absolute Gasteiger partial charge is 0.387 e. The number of nitrogens with two attached hydrogens (primary N) is 1. The van der Waals surface area contributed by atoms with Crippen LogP contribution in [0, 0.1) is 0 Å². The van der Waals surface area contributed by atoms with Gasteiger partial charge < -0.3 is 15.8 Å². The van der Waals surface area contributed by atoms with Crippen molar-refractivity contribution in [2.24, 2.45) is 5.73 Å². The maximum absolute atomic E-state index is 12.1. The molecule has 0 atom stereocenters. The van der Waals surface area contributed by atoms with Crippen LogP contribution in [0.25, 0.3) is 0 Å². The molecule has 1 aromatic heterocycles. The Labute approximate surface area is 118 Å². The van der Waals surface area contributed by atoms with Gasteiger partial charge in [-0.3, -0.25) is 4.79 Å². The molecule has 1 aromatic carbocycles. The minimum absolute atomic E-state index is 0.0917. The van der Waals surface area contributed by atoms with Crippen LogP contribution >= 0.6 is 11.3 Å². The number of halogens is 2. The molecule has 0 unspecified atom stereocenters. The average Bonchev–Trinajstić information content (AvgIpc) is 2.85. The maximum atomic E-state index is 12.1. The molecule has 7 heteroatoms. The molecule has 0 aliphatic heterocycles. The van der Waals surface area contributed by atoms with Crippen molar-refractivity contribution in [2.45, 2.75) is 13.2 Å². The van der Waals surface area contributed by atoms with Crippen LogP contribution in [0.5, 0.6) is 5.75 Å². The van der Waals surface area contributed by atoms with Gasteiger partial charge in [0.2, 0.25) is 5.91 Å². The van der Waals surface area contributed by atoms with Crippen LogP contribution < -0.4 is 15.8 Å². The lowest BCUT2D eigenvalue weighted by Crippen LogP contribution is -2.09. The molecule has 1 amide bonds. The van der Waals surface area contributed by atoms with E-state index >= 15 is 0 Å². The Hall–Kier alpha value is -2.15. The molecule has 3 N–H and O–H groups in total. The predicted molar refractivity (Wildman–Crippen MR) is 73.2 cm³/mol. The Morgan fingerprint density at radius 2 is 2.20 bits per heavy atom. The van der Waals surface area contributed by atoms with Crippen molar-refractivity contribution in [3.05, 3.63) is 46.2 Å². The molecule has 0 spiro atoms. The first kappa shape index (κ1) is 14.3. The number of alkyl halides is 2. The molecule has 0 saturated heterocycles. The Morgan fingerprint density at radius 3 is 2.85 bits per heavy atom. The first-order valence-electron chi connectivity index (χ1n) is 5.70. The Morgan fingerprint density at radius 1 is 1.40 bits per heavy atom. The quantitative estimate of drug-likeness (QED) is 0.861. The molecule has 0 fully saturated rings. The van der Waals surface area contributed by atoms with Crippen LogP contribution in [0.15, 0.2) is 35.7 Å². The highest BCUT2D eigenvalue weighted by atomic mass is 32.1. The van der Waals surface area contributed by atoms with E-state index in [0.29, 0.717) is 17.8 Å². The number of primary amides is 1. The highest BCUT2D eigenvalue weighted by Gasteiger charge is 2.06. The second-order valence-electron chi connectivity index (χ2n) is 3.93. The van der Waals surface area contributed by atoms with Gasteiger partial charge in [0, 0.05) is 28.6 Å². The largest absolute Gasteiger partial charge is 0.435 e. The molecule has 0 aliphatic rings. The van der Waals surface area contributed by atoms with E-state index in [9.17, 15) is 13.6 Å². The summed E-state index contributed by atoms with van der Waals surface area (Å²) >= 11 is 1.40. The molecule has 20 heavy (non-hydrogen) atoms. The number of carbonyl (C=O) groups excluding carboxylic acids is 1. The van der Waals surface area contributed by atoms with Gasteiger partial charge in [-0.2, -0.15) is 8.78 Å². The summed E-state index contributed by atoms with van der Waals surface area (Å²) in [5.74, 6) is -0.381. The zero-order chi connectivity index (χ0) is 14.5. The Bertz CT molecular complexity index is 602. The van der Waals surface area contributed by atoms with Gasteiger partial charge in [0.1, 0.15) is 5.75 Å². The first-order chi connectivity index (χ1) is 9.54. The third-order valence-corrected chi connectivity index (χ3v) is 3.40. The molecular formula is C13H12F2N2O2S. The van der Waals surface area contributed by atoms with E-state index in [1.807, 2.05) is 0 Å². The number of thiophene rings is 1. The van der Waals surface area contributed by atoms with Gasteiger partial charge in [0.15, 0.2) is 0 Å². The number of carbonyl (C=O) groups is 1. The van der Waals surface area contributed by atoms with E-state index in [2.05, 4.69) is 10.1 Å². The first-order valence-corrected chi connectivity index (χ1v) is 6.58. The van der Waals surface area contributed by atoms with Crippen molar-refractivity contribution in [1.29, 1.82) is 0 Å². The topological polar surface area (TPSA) is 64.4 Å². The van der Waals surface area contributed by atoms with Gasteiger partial charge in [-0.25, -0.2) is 0 Å². The normalized spacial score (nSPS) is 10.6. The maximum Gasteiger partial charge on any atom is 0.387 e. The van der Waals surface area contributed by atoms with Gasteiger partial charge in [-0.15, -0.1) is 11.3 Å². The summed E-state index contributed by atoms with van der Waals surface area (Å²) in [6, 6.07) is 7.98. The van der Waals surface area contributed by atoms with Crippen molar-refractivity contribution in [3.63, 3.8) is 0 Å². The summed E-state index contributed by atoms with van der Waals surface area (Å²) in [6.45, 7) is -2.38. The van der Waals surface area contributed by atoms with Crippen LogP contribution in [0.2, 0.25) is 0 Å². The fourth-order valence-electron chi connectivity index (χ4n) is 1.57. The van der Waals surface area contributed by atoms with E-state index < -0.39 is 12.5 Å². The minimum atomic E-state index is -2.85. The number of hydrogen-bond acceptors (Lipinski definition) is 4. The number of hydrogen-bond donors (Lipinski definition) is 2. The fourth-order valence-corrected chi connectivity index (χ4v) is 2.39. The highest BCUT2D eigenvalue weighted by molar-refractivity contribution is 7.10. The Kier molecular flexibility index (Phi) is 4.52. The zero-order valence-corrected chi connectivity index (χ0v) is 11.1. The van der Waals surface area contributed by atoms with Gasteiger partial charge >= 0.3 is 6.61 Å². The summed E-state index contributed by atoms with van der Waals surface area (Å²) in [5, 5.41) is 4.74. The lowest BCUT2D eigenvalue weighted by Gasteiger charge is -2.08. The minimum Gasteiger partial charge on any atom is -0.435 e. The monoisotopic (exact) mass is 298 g/mol. The van der Waals surface area contributed by atoms with Crippen molar-refractivity contribution in [1.82, 2.24) is 0 Å². The molecule has 1 heterocycles. The molecule has 2 aromatic rings. The van der Waals surface area contributed by atoms with E-state index in [1.54, 1.807) is 23.6 Å². The molecule has 0 aliphatic carbocycles. The van der Waals surface area contributed by atoms with Crippen molar-refractivity contribution in [2.75, 3.05) is 5.32 Å². The SMILES string of the molecule is NC(=O)c1csc(CNc2cccc(OC(F)F)c2)c1. The van der Waals surface area contributed by atoms with Crippen LogP contribution in [0.3, 0.4) is 0 Å². The van der Waals surface area contributed by atoms with Gasteiger partial charge in [-0.1, -0.05) is 6.07 Å². The van der Waals surface area contributed by atoms with E-state index in [0.717, 1.165) is 4.88 Å². The fraction of sp³-hybridized carbons (Fsp3) is 0.154. The lowest BCUT2D eigenvalue weighted by atomic mass is 10.3. The summed E-state index contributed by atoms with van der Waals surface area (Å²) in [5.41, 5.74) is 6.27. The lowest BCUT2D eigenvalue weighted by molar-refractivity contribution is -0.0498. The van der Waals surface area contributed by atoms with Crippen molar-refractivity contribution >= 4 is 22.9 Å². The average molecular weight is 298 g/mol. The molecule has 4 nitrogen and oxygen atoms in total. The summed E-state index contributed by atoms with van der Waals surface area (Å²) in [6.07, 6.45) is 0. The summed E-state index contributed by atoms with van der Waals surface area (Å²) in [7, 11) is 0. The molecule has 106 valence electrons. The number of nitrogens with one attached hydrogen (secondary N) is 1. The second kappa shape index (κ2) is 6.33. The van der Waals surface area contributed by atoms with Crippen LogP contribution in [-0.4, -0.2) is 12.5 Å². The molecule has 0 bridgehead atoms. The number of amides is 1. The van der Waals surface area contributed by atoms with Crippen LogP contribution in [0.4, 0.5) is 14.5 Å². The van der Waals surface area contributed by atoms with E-state index in [-0.39, 0.29) is 5.75 Å². The number of anilines is 1. The third kappa shape index (κ3) is 3.92. The van der Waals surface area contributed by atoms with Gasteiger partial charge in [0.05, 0.1) is 5.56 Å². The summed E-state index contributed by atoms with van der Waals surface area (Å²) < 4.78 is 28.5. The number of benzene rings is 1. The number of rotatable bonds is 6. The standard InChI is InChI=1S/C13H12F2N2O2S/c14-13(15)19-10-3-1-2-9(5-10)17-6-11-4-8(7-20-11)12(16)18/h1-5,7,13,17H,6H2,(H2,16,18). The zero-order valence-electron chi connectivity index (χ0n) is 10.3. The second-order valence-corrected chi connectivity index (χ2v) is 4.92.